The number of hydrogen-bond acceptors (Lipinski definition) is 6. The van der Waals surface area contributed by atoms with E-state index in [1.54, 1.807) is 29.8 Å². The smallest absolute Gasteiger partial charge is 0.254 e. The van der Waals surface area contributed by atoms with Gasteiger partial charge in [0.2, 0.25) is 0 Å². The monoisotopic (exact) mass is 421 g/mol. The molecule has 4 rings (SSSR count). The van der Waals surface area contributed by atoms with Gasteiger partial charge in [-0.25, -0.2) is 4.98 Å². The molecule has 1 fully saturated rings. The molecule has 0 spiro atoms. The van der Waals surface area contributed by atoms with Crippen molar-refractivity contribution in [2.75, 3.05) is 31.7 Å². The van der Waals surface area contributed by atoms with E-state index in [0.29, 0.717) is 40.7 Å². The van der Waals surface area contributed by atoms with E-state index in [0.717, 1.165) is 37.4 Å². The summed E-state index contributed by atoms with van der Waals surface area (Å²) in [4.78, 5) is 11.0. The molecule has 1 aliphatic heterocycles. The van der Waals surface area contributed by atoms with Crippen molar-refractivity contribution in [3.05, 3.63) is 46.3 Å². The van der Waals surface area contributed by atoms with Crippen LogP contribution in [0.3, 0.4) is 0 Å². The summed E-state index contributed by atoms with van der Waals surface area (Å²) in [7, 11) is 1.66. The molecule has 0 unspecified atom stereocenters. The molecule has 0 saturated carbocycles. The number of nitrogens with zero attached hydrogens (tertiary/aromatic N) is 5. The number of halogens is 2. The Morgan fingerprint density at radius 3 is 2.57 bits per heavy atom. The summed E-state index contributed by atoms with van der Waals surface area (Å²) in [6.07, 6.45) is 3.57. The summed E-state index contributed by atoms with van der Waals surface area (Å²) >= 11 is 12.1. The van der Waals surface area contributed by atoms with E-state index < -0.39 is 0 Å². The first kappa shape index (κ1) is 19.2. The molecule has 3 heterocycles. The molecule has 0 atom stereocenters. The van der Waals surface area contributed by atoms with Crippen molar-refractivity contribution in [3.63, 3.8) is 0 Å². The third-order valence-electron chi connectivity index (χ3n) is 4.84. The van der Waals surface area contributed by atoms with Gasteiger partial charge in [-0.05, 0) is 37.0 Å². The summed E-state index contributed by atoms with van der Waals surface area (Å²) in [5, 5.41) is 5.48. The molecule has 1 aliphatic rings. The fourth-order valence-electron chi connectivity index (χ4n) is 3.45. The second kappa shape index (κ2) is 8.51. The fourth-order valence-corrected chi connectivity index (χ4v) is 3.95. The Balaban J connectivity index is 1.40. The molecule has 1 aromatic carbocycles. The van der Waals surface area contributed by atoms with Gasteiger partial charge in [0.15, 0.2) is 0 Å². The van der Waals surface area contributed by atoms with Crippen LogP contribution in [0.5, 0.6) is 5.75 Å². The van der Waals surface area contributed by atoms with Gasteiger partial charge in [0, 0.05) is 36.3 Å². The third kappa shape index (κ3) is 4.32. The van der Waals surface area contributed by atoms with E-state index in [4.69, 9.17) is 32.7 Å². The summed E-state index contributed by atoms with van der Waals surface area (Å²) < 4.78 is 12.9. The van der Waals surface area contributed by atoms with Gasteiger partial charge >= 0.3 is 0 Å². The van der Waals surface area contributed by atoms with E-state index in [2.05, 4.69) is 20.0 Å². The van der Waals surface area contributed by atoms with Crippen LogP contribution >= 0.6 is 23.2 Å². The lowest BCUT2D eigenvalue weighted by Gasteiger charge is -2.33. The van der Waals surface area contributed by atoms with Crippen molar-refractivity contribution >= 4 is 34.8 Å². The molecule has 9 heteroatoms. The number of piperidine rings is 1. The Morgan fingerprint density at radius 2 is 1.86 bits per heavy atom. The molecule has 1 saturated heterocycles. The quantitative estimate of drug-likeness (QED) is 0.601. The van der Waals surface area contributed by atoms with Crippen molar-refractivity contribution in [1.82, 2.24) is 19.6 Å². The zero-order chi connectivity index (χ0) is 19.5. The molecule has 0 radical (unpaired) electrons. The fraction of sp³-hybridized carbons (Fsp3) is 0.421. The molecular formula is C19H21Cl2N5O2. The number of methoxy groups -OCH3 is 1. The van der Waals surface area contributed by atoms with Crippen molar-refractivity contribution < 1.29 is 9.47 Å². The minimum absolute atomic E-state index is 0.447. The Hall–Kier alpha value is -2.09. The Bertz CT molecular complexity index is 936. The molecule has 3 aromatic rings. The SMILES string of the molecule is COCc1cc(N2CCC(COc3cc(Cl)cc(Cl)c3)CC2)n2ncnc2n1. The highest BCUT2D eigenvalue weighted by Gasteiger charge is 2.23. The maximum atomic E-state index is 6.03. The van der Waals surface area contributed by atoms with Gasteiger partial charge in [-0.15, -0.1) is 0 Å². The van der Waals surface area contributed by atoms with Crippen LogP contribution in [0.2, 0.25) is 10.0 Å². The lowest BCUT2D eigenvalue weighted by Crippen LogP contribution is -2.36. The van der Waals surface area contributed by atoms with Crippen LogP contribution in [-0.4, -0.2) is 46.4 Å². The highest BCUT2D eigenvalue weighted by Crippen LogP contribution is 2.27. The number of fused-ring (bicyclic) bond motifs is 1. The van der Waals surface area contributed by atoms with Gasteiger partial charge in [-0.3, -0.25) is 0 Å². The van der Waals surface area contributed by atoms with Gasteiger partial charge in [0.25, 0.3) is 5.78 Å². The molecule has 2 aromatic heterocycles. The molecule has 28 heavy (non-hydrogen) atoms. The standard InChI is InChI=1S/C19H21Cl2N5O2/c1-27-11-16-9-18(26-19(24-16)22-12-23-26)25-4-2-13(3-5-25)10-28-17-7-14(20)6-15(21)8-17/h6-9,12-13H,2-5,10-11H2,1H3. The molecule has 148 valence electrons. The average molecular weight is 422 g/mol. The van der Waals surface area contributed by atoms with E-state index >= 15 is 0 Å². The van der Waals surface area contributed by atoms with E-state index in [9.17, 15) is 0 Å². The van der Waals surface area contributed by atoms with E-state index in [-0.39, 0.29) is 0 Å². The highest BCUT2D eigenvalue weighted by molar-refractivity contribution is 6.34. The first-order valence-electron chi connectivity index (χ1n) is 9.15. The third-order valence-corrected chi connectivity index (χ3v) is 5.28. The minimum Gasteiger partial charge on any atom is -0.493 e. The summed E-state index contributed by atoms with van der Waals surface area (Å²) in [5.74, 6) is 2.77. The average Bonchev–Trinajstić information content (AvgIpc) is 3.14. The summed E-state index contributed by atoms with van der Waals surface area (Å²) in [6, 6.07) is 7.30. The van der Waals surface area contributed by atoms with Crippen LogP contribution in [-0.2, 0) is 11.3 Å². The first-order valence-corrected chi connectivity index (χ1v) is 9.90. The van der Waals surface area contributed by atoms with E-state index in [1.165, 1.54) is 6.33 Å². The van der Waals surface area contributed by atoms with Crippen LogP contribution in [0.4, 0.5) is 5.82 Å². The molecule has 7 nitrogen and oxygen atoms in total. The van der Waals surface area contributed by atoms with Crippen LogP contribution in [0.15, 0.2) is 30.6 Å². The number of anilines is 1. The van der Waals surface area contributed by atoms with Gasteiger partial charge in [-0.1, -0.05) is 23.2 Å². The van der Waals surface area contributed by atoms with E-state index in [1.807, 2.05) is 6.07 Å². The second-order valence-electron chi connectivity index (χ2n) is 6.86. The van der Waals surface area contributed by atoms with Crippen molar-refractivity contribution in [2.45, 2.75) is 19.4 Å². The summed E-state index contributed by atoms with van der Waals surface area (Å²) in [6.45, 7) is 2.92. The van der Waals surface area contributed by atoms with Crippen molar-refractivity contribution in [1.29, 1.82) is 0 Å². The minimum atomic E-state index is 0.447. The predicted octanol–water partition coefficient (Wildman–Crippen LogP) is 3.87. The Labute approximate surface area is 173 Å². The van der Waals surface area contributed by atoms with Crippen LogP contribution in [0.1, 0.15) is 18.5 Å². The molecule has 0 bridgehead atoms. The zero-order valence-corrected chi connectivity index (χ0v) is 17.0. The Kier molecular flexibility index (Phi) is 5.85. The zero-order valence-electron chi connectivity index (χ0n) is 15.5. The van der Waals surface area contributed by atoms with Crippen molar-refractivity contribution in [2.24, 2.45) is 5.92 Å². The second-order valence-corrected chi connectivity index (χ2v) is 7.73. The van der Waals surface area contributed by atoms with Gasteiger partial charge in [-0.2, -0.15) is 14.6 Å². The first-order chi connectivity index (χ1) is 13.6. The molecule has 0 N–H and O–H groups in total. The van der Waals surface area contributed by atoms with Gasteiger partial charge in [0.05, 0.1) is 18.9 Å². The normalized spacial score (nSPS) is 15.3. The van der Waals surface area contributed by atoms with Crippen molar-refractivity contribution in [3.8, 4) is 5.75 Å². The molecule has 0 aliphatic carbocycles. The van der Waals surface area contributed by atoms with Crippen LogP contribution in [0.25, 0.3) is 5.78 Å². The summed E-state index contributed by atoms with van der Waals surface area (Å²) in [5.41, 5.74) is 0.848. The molecule has 0 amide bonds. The lowest BCUT2D eigenvalue weighted by molar-refractivity contribution is 0.181. The topological polar surface area (TPSA) is 64.8 Å². The number of hydrogen-bond donors (Lipinski definition) is 0. The largest absolute Gasteiger partial charge is 0.493 e. The molecular weight excluding hydrogens is 401 g/mol. The number of aromatic nitrogens is 4. The number of rotatable bonds is 6. The van der Waals surface area contributed by atoms with Crippen LogP contribution < -0.4 is 9.64 Å². The van der Waals surface area contributed by atoms with Gasteiger partial charge < -0.3 is 14.4 Å². The van der Waals surface area contributed by atoms with Gasteiger partial charge in [0.1, 0.15) is 17.9 Å². The predicted molar refractivity (Wildman–Crippen MR) is 108 cm³/mol. The lowest BCUT2D eigenvalue weighted by atomic mass is 9.98. The number of benzene rings is 1. The Morgan fingerprint density at radius 1 is 1.11 bits per heavy atom. The van der Waals surface area contributed by atoms with Crippen LogP contribution in [0, 0.1) is 5.92 Å². The maximum absolute atomic E-state index is 6.03. The highest BCUT2D eigenvalue weighted by atomic mass is 35.5. The number of ether oxygens (including phenoxy) is 2. The maximum Gasteiger partial charge on any atom is 0.254 e.